The van der Waals surface area contributed by atoms with Crippen molar-refractivity contribution in [3.05, 3.63) is 28.4 Å². The van der Waals surface area contributed by atoms with Gasteiger partial charge in [0.1, 0.15) is 0 Å². The van der Waals surface area contributed by atoms with Crippen molar-refractivity contribution in [3.63, 3.8) is 0 Å². The van der Waals surface area contributed by atoms with Crippen LogP contribution in [-0.4, -0.2) is 23.3 Å². The van der Waals surface area contributed by atoms with Crippen LogP contribution >= 0.6 is 15.9 Å². The summed E-state index contributed by atoms with van der Waals surface area (Å²) in [5.41, 5.74) is 1.38. The molecule has 1 aromatic carbocycles. The molecule has 0 unspecified atom stereocenters. The molecule has 0 saturated carbocycles. The lowest BCUT2D eigenvalue weighted by Gasteiger charge is -2.01. The van der Waals surface area contributed by atoms with Crippen LogP contribution in [0.4, 0.5) is 0 Å². The Balaban J connectivity index is 2.64. The van der Waals surface area contributed by atoms with Gasteiger partial charge in [-0.15, -0.1) is 0 Å². The summed E-state index contributed by atoms with van der Waals surface area (Å²) in [6.45, 7) is 0. The molecule has 0 fully saturated rings. The van der Waals surface area contributed by atoms with Crippen molar-refractivity contribution in [1.82, 2.24) is 10.2 Å². The first-order chi connectivity index (χ1) is 6.72. The maximum Gasteiger partial charge on any atom is 0.339 e. The van der Waals surface area contributed by atoms with Crippen LogP contribution in [0.3, 0.4) is 0 Å². The Kier molecular flexibility index (Phi) is 2.25. The number of benzene rings is 1. The summed E-state index contributed by atoms with van der Waals surface area (Å²) in [7, 11) is 1.36. The molecule has 72 valence electrons. The Labute approximate surface area is 88.4 Å². The van der Waals surface area contributed by atoms with Crippen molar-refractivity contribution in [2.45, 2.75) is 0 Å². The van der Waals surface area contributed by atoms with Crippen LogP contribution < -0.4 is 0 Å². The van der Waals surface area contributed by atoms with Crippen LogP contribution in [0.25, 0.3) is 10.9 Å². The van der Waals surface area contributed by atoms with E-state index in [4.69, 9.17) is 0 Å². The summed E-state index contributed by atoms with van der Waals surface area (Å²) >= 11 is 3.29. The molecule has 0 radical (unpaired) electrons. The predicted octanol–water partition coefficient (Wildman–Crippen LogP) is 2.11. The third-order valence-corrected chi connectivity index (χ3v) is 2.59. The Hall–Kier alpha value is -1.36. The highest BCUT2D eigenvalue weighted by atomic mass is 79.9. The largest absolute Gasteiger partial charge is 0.465 e. The number of aromatic amines is 1. The third kappa shape index (κ3) is 1.39. The number of carbonyl (C=O) groups is 1. The monoisotopic (exact) mass is 254 g/mol. The number of nitrogens with zero attached hydrogens (tertiary/aromatic N) is 1. The van der Waals surface area contributed by atoms with Crippen molar-refractivity contribution in [3.8, 4) is 0 Å². The lowest BCUT2D eigenvalue weighted by molar-refractivity contribution is 0.0600. The molecule has 0 aliphatic carbocycles. The number of methoxy groups -OCH3 is 1. The number of aromatic nitrogens is 2. The fourth-order valence-electron chi connectivity index (χ4n) is 1.23. The van der Waals surface area contributed by atoms with E-state index in [1.807, 2.05) is 0 Å². The molecule has 0 aliphatic rings. The molecule has 0 saturated heterocycles. The van der Waals surface area contributed by atoms with Gasteiger partial charge in [-0.05, 0) is 28.1 Å². The van der Waals surface area contributed by atoms with Gasteiger partial charge in [0.25, 0.3) is 0 Å². The van der Waals surface area contributed by atoms with Gasteiger partial charge < -0.3 is 4.74 Å². The maximum absolute atomic E-state index is 11.3. The summed E-state index contributed by atoms with van der Waals surface area (Å²) in [6, 6.07) is 3.53. The van der Waals surface area contributed by atoms with Gasteiger partial charge in [-0.2, -0.15) is 5.10 Å². The fourth-order valence-corrected chi connectivity index (χ4v) is 1.74. The highest BCUT2D eigenvalue weighted by Crippen LogP contribution is 2.23. The van der Waals surface area contributed by atoms with Gasteiger partial charge in [-0.1, -0.05) is 0 Å². The molecule has 0 bridgehead atoms. The number of ether oxygens (including phenoxy) is 1. The first kappa shape index (κ1) is 9.21. The first-order valence-electron chi connectivity index (χ1n) is 3.93. The Morgan fingerprint density at radius 2 is 2.36 bits per heavy atom. The number of H-pyrrole nitrogens is 1. The summed E-state index contributed by atoms with van der Waals surface area (Å²) < 4.78 is 5.34. The fraction of sp³-hybridized carbons (Fsp3) is 0.111. The van der Waals surface area contributed by atoms with E-state index in [1.165, 1.54) is 7.11 Å². The van der Waals surface area contributed by atoms with E-state index in [0.29, 0.717) is 10.0 Å². The Bertz CT molecular complexity index is 493. The molecule has 0 atom stereocenters. The van der Waals surface area contributed by atoms with Gasteiger partial charge in [-0.25, -0.2) is 4.79 Å². The molecule has 1 heterocycles. The van der Waals surface area contributed by atoms with Crippen molar-refractivity contribution >= 4 is 32.8 Å². The van der Waals surface area contributed by atoms with Gasteiger partial charge in [0.05, 0.1) is 24.4 Å². The highest BCUT2D eigenvalue weighted by Gasteiger charge is 2.11. The van der Waals surface area contributed by atoms with Gasteiger partial charge in [0.15, 0.2) is 0 Å². The minimum absolute atomic E-state index is 0.361. The zero-order chi connectivity index (χ0) is 10.1. The number of halogens is 1. The van der Waals surface area contributed by atoms with Gasteiger partial charge >= 0.3 is 5.97 Å². The van der Waals surface area contributed by atoms with E-state index in [-0.39, 0.29) is 5.97 Å². The average Bonchev–Trinajstić information content (AvgIpc) is 2.62. The normalized spacial score (nSPS) is 10.4. The number of carbonyl (C=O) groups excluding carboxylic acids is 1. The summed E-state index contributed by atoms with van der Waals surface area (Å²) in [5, 5.41) is 7.57. The summed E-state index contributed by atoms with van der Waals surface area (Å²) in [6.07, 6.45) is 1.66. The molecule has 1 aromatic heterocycles. The summed E-state index contributed by atoms with van der Waals surface area (Å²) in [4.78, 5) is 11.3. The van der Waals surface area contributed by atoms with Crippen LogP contribution in [0.1, 0.15) is 10.4 Å². The van der Waals surface area contributed by atoms with Crippen molar-refractivity contribution in [2.24, 2.45) is 0 Å². The minimum atomic E-state index is -0.361. The van der Waals surface area contributed by atoms with Crippen LogP contribution in [0, 0.1) is 0 Å². The van der Waals surface area contributed by atoms with Gasteiger partial charge in [-0.3, -0.25) is 5.10 Å². The van der Waals surface area contributed by atoms with Crippen LogP contribution in [0.2, 0.25) is 0 Å². The lowest BCUT2D eigenvalue weighted by atomic mass is 10.2. The molecule has 4 nitrogen and oxygen atoms in total. The highest BCUT2D eigenvalue weighted by molar-refractivity contribution is 9.10. The molecular weight excluding hydrogens is 248 g/mol. The predicted molar refractivity (Wildman–Crippen MR) is 55.1 cm³/mol. The number of fused-ring (bicyclic) bond motifs is 1. The molecule has 0 aliphatic heterocycles. The van der Waals surface area contributed by atoms with E-state index in [1.54, 1.807) is 18.3 Å². The molecule has 2 rings (SSSR count). The molecule has 0 amide bonds. The van der Waals surface area contributed by atoms with Crippen molar-refractivity contribution in [1.29, 1.82) is 0 Å². The smallest absolute Gasteiger partial charge is 0.339 e. The van der Waals surface area contributed by atoms with Crippen molar-refractivity contribution in [2.75, 3.05) is 7.11 Å². The summed E-state index contributed by atoms with van der Waals surface area (Å²) in [5.74, 6) is -0.361. The van der Waals surface area contributed by atoms with E-state index < -0.39 is 0 Å². The topological polar surface area (TPSA) is 55.0 Å². The number of nitrogens with one attached hydrogen (secondary N) is 1. The van der Waals surface area contributed by atoms with E-state index in [2.05, 4.69) is 30.9 Å². The van der Waals surface area contributed by atoms with Crippen molar-refractivity contribution < 1.29 is 9.53 Å². The maximum atomic E-state index is 11.3. The Morgan fingerprint density at radius 1 is 1.57 bits per heavy atom. The molecule has 0 spiro atoms. The number of esters is 1. The van der Waals surface area contributed by atoms with Crippen LogP contribution in [-0.2, 0) is 4.74 Å². The SMILES string of the molecule is COC(=O)c1cc2cn[nH]c2cc1Br. The molecule has 14 heavy (non-hydrogen) atoms. The molecule has 5 heteroatoms. The number of hydrogen-bond acceptors (Lipinski definition) is 3. The second kappa shape index (κ2) is 3.42. The second-order valence-electron chi connectivity index (χ2n) is 2.78. The lowest BCUT2D eigenvalue weighted by Crippen LogP contribution is -2.01. The quantitative estimate of drug-likeness (QED) is 0.794. The van der Waals surface area contributed by atoms with E-state index in [9.17, 15) is 4.79 Å². The van der Waals surface area contributed by atoms with E-state index in [0.717, 1.165) is 10.9 Å². The number of hydrogen-bond donors (Lipinski definition) is 1. The number of rotatable bonds is 1. The van der Waals surface area contributed by atoms with Gasteiger partial charge in [0, 0.05) is 9.86 Å². The first-order valence-corrected chi connectivity index (χ1v) is 4.72. The molecule has 1 N–H and O–H groups in total. The minimum Gasteiger partial charge on any atom is -0.465 e. The van der Waals surface area contributed by atoms with Crippen LogP contribution in [0.15, 0.2) is 22.8 Å². The standard InChI is InChI=1S/C9H7BrN2O2/c1-14-9(13)6-2-5-4-11-12-8(5)3-7(6)10/h2-4H,1H3,(H,11,12). The molecular formula is C9H7BrN2O2. The van der Waals surface area contributed by atoms with Gasteiger partial charge in [0.2, 0.25) is 0 Å². The third-order valence-electron chi connectivity index (χ3n) is 1.93. The van der Waals surface area contributed by atoms with E-state index >= 15 is 0 Å². The zero-order valence-corrected chi connectivity index (χ0v) is 8.96. The zero-order valence-electron chi connectivity index (χ0n) is 7.37. The molecule has 2 aromatic rings. The second-order valence-corrected chi connectivity index (χ2v) is 3.64. The van der Waals surface area contributed by atoms with Crippen LogP contribution in [0.5, 0.6) is 0 Å². The average molecular weight is 255 g/mol. The Morgan fingerprint density at radius 3 is 3.07 bits per heavy atom.